The maximum absolute atomic E-state index is 11.7. The van der Waals surface area contributed by atoms with Crippen molar-refractivity contribution in [1.29, 1.82) is 0 Å². The van der Waals surface area contributed by atoms with E-state index in [1.807, 2.05) is 0 Å². The van der Waals surface area contributed by atoms with Crippen molar-refractivity contribution < 1.29 is 64.1 Å². The predicted molar refractivity (Wildman–Crippen MR) is 90.3 cm³/mol. The molecule has 0 spiro atoms. The molecular weight excluding hydrogens is 406 g/mol. The molecule has 6 N–H and O–H groups in total. The minimum Gasteiger partial charge on any atom is -0.481 e. The lowest BCUT2D eigenvalue weighted by Crippen LogP contribution is -2.49. The van der Waals surface area contributed by atoms with Crippen LogP contribution in [0.3, 0.4) is 0 Å². The summed E-state index contributed by atoms with van der Waals surface area (Å²) in [5, 5.41) is 53.5. The van der Waals surface area contributed by atoms with E-state index in [4.69, 9.17) is 25.5 Å². The molecule has 1 unspecified atom stereocenters. The number of carboxylic acid groups (broad SMARTS) is 5. The molecule has 0 aromatic rings. The number of aliphatic carboxylic acids is 5. The van der Waals surface area contributed by atoms with E-state index in [-0.39, 0.29) is 34.7 Å². The molecule has 13 nitrogen and oxygen atoms in total. The normalized spacial score (nSPS) is 12.3. The Kier molecular flexibility index (Phi) is 12.6. The van der Waals surface area contributed by atoms with Crippen LogP contribution >= 0.6 is 0 Å². The zero-order chi connectivity index (χ0) is 20.0. The largest absolute Gasteiger partial charge is 0.481 e. The highest BCUT2D eigenvalue weighted by molar-refractivity contribution is 5.92. The number of hydrogen-bond acceptors (Lipinski definition) is 8. The molecule has 0 saturated heterocycles. The highest BCUT2D eigenvalue weighted by Gasteiger charge is 2.49. The van der Waals surface area contributed by atoms with Crippen molar-refractivity contribution in [2.45, 2.75) is 36.9 Å². The summed E-state index contributed by atoms with van der Waals surface area (Å²) in [7, 11) is 0. The van der Waals surface area contributed by atoms with Gasteiger partial charge >= 0.3 is 35.8 Å². The zero-order valence-electron chi connectivity index (χ0n) is 12.4. The lowest BCUT2D eigenvalue weighted by Gasteiger charge is -2.28. The number of carbonyl (C=O) groups is 6. The molecule has 0 radical (unpaired) electrons. The van der Waals surface area contributed by atoms with E-state index < -0.39 is 72.7 Å². The molecule has 0 aliphatic heterocycles. The summed E-state index contributed by atoms with van der Waals surface area (Å²) >= 11 is 0. The van der Waals surface area contributed by atoms with Gasteiger partial charge in [0.25, 0.3) is 0 Å². The summed E-state index contributed by atoms with van der Waals surface area (Å²) < 4.78 is 4.33. The van der Waals surface area contributed by atoms with Crippen LogP contribution in [0.1, 0.15) is 25.7 Å². The third-order valence-electron chi connectivity index (χ3n) is 2.85. The van der Waals surface area contributed by atoms with Crippen LogP contribution in [0.15, 0.2) is 0 Å². The lowest BCUT2D eigenvalue weighted by molar-refractivity contribution is -0.191. The first-order valence-corrected chi connectivity index (χ1v) is 6.30. The lowest BCUT2D eigenvalue weighted by atomic mass is 9.93. The summed E-state index contributed by atoms with van der Waals surface area (Å²) in [6, 6.07) is 0. The minimum absolute atomic E-state index is 0. The Morgan fingerprint density at radius 1 is 0.630 bits per heavy atom. The molecule has 0 aliphatic carbocycles. The molecule has 27 heavy (non-hydrogen) atoms. The Labute approximate surface area is 171 Å². The molecule has 0 amide bonds. The minimum atomic E-state index is -3.17. The Morgan fingerprint density at radius 2 is 1.00 bits per heavy atom. The van der Waals surface area contributed by atoms with Crippen LogP contribution in [-0.4, -0.2) is 112 Å². The van der Waals surface area contributed by atoms with Crippen molar-refractivity contribution in [2.75, 3.05) is 0 Å². The van der Waals surface area contributed by atoms with Crippen molar-refractivity contribution in [3.05, 3.63) is 0 Å². The third kappa shape index (κ3) is 9.37. The molecule has 0 bridgehead atoms. The Morgan fingerprint density at radius 3 is 1.26 bits per heavy atom. The van der Waals surface area contributed by atoms with Gasteiger partial charge in [-0.1, -0.05) is 0 Å². The van der Waals surface area contributed by atoms with Gasteiger partial charge in [-0.25, -0.2) is 9.59 Å². The van der Waals surface area contributed by atoms with Crippen LogP contribution in [0.25, 0.3) is 0 Å². The van der Waals surface area contributed by atoms with Crippen molar-refractivity contribution in [1.82, 2.24) is 0 Å². The van der Waals surface area contributed by atoms with E-state index in [1.54, 1.807) is 0 Å². The second-order valence-corrected chi connectivity index (χ2v) is 5.00. The number of hydrogen-bond donors (Lipinski definition) is 6. The van der Waals surface area contributed by atoms with Crippen LogP contribution in [-0.2, 0) is 33.5 Å². The smallest absolute Gasteiger partial charge is 0.349 e. The SMILES string of the molecule is O=C(O)CC(O)(CC(=O)OC(CC(=O)O)(CC(=O)O)C(=O)O)C(=O)O.[AlH3].[AlH3]. The van der Waals surface area contributed by atoms with Gasteiger partial charge in [0.2, 0.25) is 5.60 Å². The molecular formula is C12H20Al2O13. The van der Waals surface area contributed by atoms with Gasteiger partial charge in [0.15, 0.2) is 40.3 Å². The van der Waals surface area contributed by atoms with Gasteiger partial charge in [-0.05, 0) is 0 Å². The molecule has 0 heterocycles. The van der Waals surface area contributed by atoms with Gasteiger partial charge in [-0.15, -0.1) is 0 Å². The monoisotopic (exact) mass is 426 g/mol. The Bertz CT molecular complexity index is 600. The second-order valence-electron chi connectivity index (χ2n) is 5.00. The molecule has 1 atom stereocenters. The Balaban J connectivity index is -0.00000288. The number of aliphatic hydroxyl groups is 1. The standard InChI is InChI=1S/C12H14O13.2Al.6H/c13-5(14)1-11(24,9(20)21)4-8(19)25-12(10(22)23,2-6(15)16)3-7(17)18;;;;;;;;/h24H,1-4H2,(H,13,14)(H,15,16)(H,17,18)(H,20,21)(H,22,23);;;;;;;;. The van der Waals surface area contributed by atoms with Crippen molar-refractivity contribution in [3.8, 4) is 0 Å². The fourth-order valence-corrected chi connectivity index (χ4v) is 1.77. The molecule has 0 fully saturated rings. The summed E-state index contributed by atoms with van der Waals surface area (Å²) in [4.78, 5) is 66.0. The van der Waals surface area contributed by atoms with E-state index in [1.165, 1.54) is 0 Å². The second kappa shape index (κ2) is 11.5. The first-order valence-electron chi connectivity index (χ1n) is 6.30. The Hall–Kier alpha value is -2.16. The van der Waals surface area contributed by atoms with E-state index in [2.05, 4.69) is 4.74 Å². The third-order valence-corrected chi connectivity index (χ3v) is 2.85. The molecule has 152 valence electrons. The molecule has 0 saturated carbocycles. The highest BCUT2D eigenvalue weighted by atomic mass is 27.0. The van der Waals surface area contributed by atoms with Gasteiger partial charge in [-0.2, -0.15) is 0 Å². The zero-order valence-corrected chi connectivity index (χ0v) is 12.4. The van der Waals surface area contributed by atoms with Crippen LogP contribution in [0.2, 0.25) is 0 Å². The summed E-state index contributed by atoms with van der Waals surface area (Å²) in [5.74, 6) is -11.6. The topological polar surface area (TPSA) is 233 Å². The quantitative estimate of drug-likeness (QED) is 0.135. The van der Waals surface area contributed by atoms with E-state index in [0.717, 1.165) is 0 Å². The van der Waals surface area contributed by atoms with Crippen molar-refractivity contribution in [3.63, 3.8) is 0 Å². The van der Waals surface area contributed by atoms with E-state index in [0.29, 0.717) is 0 Å². The summed E-state index contributed by atoms with van der Waals surface area (Å²) in [5.41, 5.74) is -6.24. The van der Waals surface area contributed by atoms with Crippen LogP contribution < -0.4 is 0 Å². The van der Waals surface area contributed by atoms with Gasteiger partial charge in [0.05, 0.1) is 25.7 Å². The van der Waals surface area contributed by atoms with Gasteiger partial charge in [0.1, 0.15) is 0 Å². The summed E-state index contributed by atoms with van der Waals surface area (Å²) in [6.45, 7) is 0. The van der Waals surface area contributed by atoms with E-state index in [9.17, 15) is 33.9 Å². The molecule has 0 rings (SSSR count). The van der Waals surface area contributed by atoms with Gasteiger partial charge in [-0.3, -0.25) is 19.2 Å². The average Bonchev–Trinajstić information content (AvgIpc) is 2.34. The first kappa shape index (κ1) is 29.6. The van der Waals surface area contributed by atoms with Gasteiger partial charge in [0, 0.05) is 0 Å². The molecule has 0 aromatic heterocycles. The number of carboxylic acids is 5. The fourth-order valence-electron chi connectivity index (χ4n) is 1.77. The molecule has 15 heteroatoms. The maximum Gasteiger partial charge on any atom is 0.349 e. The predicted octanol–water partition coefficient (Wildman–Crippen LogP) is -4.38. The number of ether oxygens (including phenoxy) is 1. The van der Waals surface area contributed by atoms with Crippen LogP contribution in [0.5, 0.6) is 0 Å². The van der Waals surface area contributed by atoms with Gasteiger partial charge < -0.3 is 35.4 Å². The fraction of sp³-hybridized carbons (Fsp3) is 0.500. The first-order chi connectivity index (χ1) is 11.2. The van der Waals surface area contributed by atoms with Crippen LogP contribution in [0.4, 0.5) is 0 Å². The molecule has 0 aromatic carbocycles. The van der Waals surface area contributed by atoms with Crippen molar-refractivity contribution in [2.24, 2.45) is 0 Å². The summed E-state index contributed by atoms with van der Waals surface area (Å²) in [6.07, 6.45) is -5.94. The highest BCUT2D eigenvalue weighted by Crippen LogP contribution is 2.25. The molecule has 0 aliphatic rings. The number of esters is 1. The number of rotatable bonds is 11. The van der Waals surface area contributed by atoms with E-state index >= 15 is 0 Å². The number of carbonyl (C=O) groups excluding carboxylic acids is 1. The van der Waals surface area contributed by atoms with Crippen molar-refractivity contribution >= 4 is 70.5 Å². The van der Waals surface area contributed by atoms with Crippen LogP contribution in [0, 0.1) is 0 Å². The average molecular weight is 426 g/mol. The maximum atomic E-state index is 11.7.